The van der Waals surface area contributed by atoms with E-state index in [-0.39, 0.29) is 11.7 Å². The molecule has 0 fully saturated rings. The number of nitrogens with zero attached hydrogens (tertiary/aromatic N) is 4. The molecule has 2 aromatic heterocycles. The van der Waals surface area contributed by atoms with Gasteiger partial charge in [0, 0.05) is 27.1 Å². The first kappa shape index (κ1) is 21.5. The lowest BCUT2D eigenvalue weighted by atomic mass is 10.2. The van der Waals surface area contributed by atoms with Gasteiger partial charge < -0.3 is 5.32 Å². The monoisotopic (exact) mass is 513 g/mol. The molecule has 0 aliphatic carbocycles. The van der Waals surface area contributed by atoms with Crippen LogP contribution in [-0.4, -0.2) is 31.4 Å². The molecule has 1 N–H and O–H groups in total. The number of carbonyl (C=O) groups is 1. The molecule has 0 spiro atoms. The van der Waals surface area contributed by atoms with Crippen LogP contribution in [0, 0.1) is 6.92 Å². The molecule has 0 atom stereocenters. The van der Waals surface area contributed by atoms with Crippen LogP contribution in [-0.2, 0) is 4.79 Å². The van der Waals surface area contributed by atoms with E-state index >= 15 is 0 Å². The van der Waals surface area contributed by atoms with E-state index < -0.39 is 0 Å². The number of rotatable bonds is 6. The van der Waals surface area contributed by atoms with E-state index in [9.17, 15) is 4.79 Å². The van der Waals surface area contributed by atoms with Crippen LogP contribution < -0.4 is 5.32 Å². The number of carbonyl (C=O) groups excluding carboxylic acids is 1. The molecular weight excluding hydrogens is 498 g/mol. The van der Waals surface area contributed by atoms with E-state index in [0.717, 1.165) is 21.4 Å². The predicted octanol–water partition coefficient (Wildman–Crippen LogP) is 5.78. The number of nitrogens with one attached hydrogen (secondary N) is 1. The van der Waals surface area contributed by atoms with Crippen molar-refractivity contribution in [3.8, 4) is 17.2 Å². The van der Waals surface area contributed by atoms with Crippen molar-refractivity contribution in [2.75, 3.05) is 11.1 Å². The number of thioether (sulfide) groups is 1. The smallest absolute Gasteiger partial charge is 0.234 e. The molecule has 2 heterocycles. The van der Waals surface area contributed by atoms with Gasteiger partial charge in [-0.25, -0.2) is 0 Å². The molecule has 0 bridgehead atoms. The number of amides is 1. The van der Waals surface area contributed by atoms with Gasteiger partial charge in [0.25, 0.3) is 0 Å². The molecule has 0 aliphatic heterocycles. The van der Waals surface area contributed by atoms with Crippen LogP contribution in [0.2, 0.25) is 5.02 Å². The first-order valence-electron chi connectivity index (χ1n) is 9.33. The second-order valence-electron chi connectivity index (χ2n) is 6.63. The molecule has 9 heteroatoms. The van der Waals surface area contributed by atoms with Gasteiger partial charge in [-0.15, -0.1) is 10.2 Å². The lowest BCUT2D eigenvalue weighted by molar-refractivity contribution is -0.113. The minimum atomic E-state index is -0.128. The molecule has 0 unspecified atom stereocenters. The lowest BCUT2D eigenvalue weighted by Gasteiger charge is -2.10. The van der Waals surface area contributed by atoms with E-state index in [1.165, 1.54) is 11.8 Å². The lowest BCUT2D eigenvalue weighted by Crippen LogP contribution is -2.14. The Hall–Kier alpha value is -2.68. The fourth-order valence-corrected chi connectivity index (χ4v) is 4.02. The molecule has 156 valence electrons. The summed E-state index contributed by atoms with van der Waals surface area (Å²) in [7, 11) is 0. The maximum absolute atomic E-state index is 12.5. The summed E-state index contributed by atoms with van der Waals surface area (Å²) < 4.78 is 2.87. The van der Waals surface area contributed by atoms with Crippen molar-refractivity contribution >= 4 is 50.9 Å². The molecule has 4 aromatic rings. The summed E-state index contributed by atoms with van der Waals surface area (Å²) in [5.74, 6) is 0.648. The summed E-state index contributed by atoms with van der Waals surface area (Å²) in [4.78, 5) is 16.9. The van der Waals surface area contributed by atoms with Crippen LogP contribution in [0.25, 0.3) is 17.2 Å². The number of aryl methyl sites for hydroxylation is 1. The zero-order valence-corrected chi connectivity index (χ0v) is 19.6. The number of halogens is 2. The minimum absolute atomic E-state index is 0.128. The van der Waals surface area contributed by atoms with E-state index in [1.807, 2.05) is 60.0 Å². The minimum Gasteiger partial charge on any atom is -0.325 e. The Labute approximate surface area is 197 Å². The first-order valence-corrected chi connectivity index (χ1v) is 11.5. The number of hydrogen-bond acceptors (Lipinski definition) is 5. The molecule has 0 saturated heterocycles. The van der Waals surface area contributed by atoms with Crippen molar-refractivity contribution in [2.24, 2.45) is 0 Å². The van der Waals surface area contributed by atoms with E-state index in [2.05, 4.69) is 36.4 Å². The van der Waals surface area contributed by atoms with Gasteiger partial charge in [0.15, 0.2) is 11.0 Å². The zero-order chi connectivity index (χ0) is 21.8. The van der Waals surface area contributed by atoms with Crippen molar-refractivity contribution in [3.05, 3.63) is 81.9 Å². The predicted molar refractivity (Wildman–Crippen MR) is 128 cm³/mol. The maximum atomic E-state index is 12.5. The highest BCUT2D eigenvalue weighted by molar-refractivity contribution is 9.10. The highest BCUT2D eigenvalue weighted by atomic mass is 79.9. The summed E-state index contributed by atoms with van der Waals surface area (Å²) in [5, 5.41) is 12.8. The third-order valence-electron chi connectivity index (χ3n) is 4.39. The molecule has 0 saturated carbocycles. The zero-order valence-electron chi connectivity index (χ0n) is 16.4. The summed E-state index contributed by atoms with van der Waals surface area (Å²) in [5.41, 5.74) is 3.32. The highest BCUT2D eigenvalue weighted by Crippen LogP contribution is 2.28. The Balaban J connectivity index is 1.57. The van der Waals surface area contributed by atoms with E-state index in [1.54, 1.807) is 18.3 Å². The first-order chi connectivity index (χ1) is 15.0. The van der Waals surface area contributed by atoms with Gasteiger partial charge in [-0.3, -0.25) is 14.3 Å². The van der Waals surface area contributed by atoms with Crippen molar-refractivity contribution in [1.29, 1.82) is 0 Å². The Bertz CT molecular complexity index is 1210. The van der Waals surface area contributed by atoms with Crippen LogP contribution >= 0.6 is 39.3 Å². The average molecular weight is 515 g/mol. The highest BCUT2D eigenvalue weighted by Gasteiger charge is 2.18. The fourth-order valence-electron chi connectivity index (χ4n) is 2.90. The molecule has 31 heavy (non-hydrogen) atoms. The fraction of sp³-hybridized carbons (Fsp3) is 0.0909. The largest absolute Gasteiger partial charge is 0.325 e. The molecule has 1 amide bonds. The van der Waals surface area contributed by atoms with Crippen molar-refractivity contribution < 1.29 is 4.79 Å². The SMILES string of the molecule is Cc1cc(NC(=O)CSc2nnc(-c3ccccn3)n2-c2ccc(Cl)cc2)ccc1Br. The van der Waals surface area contributed by atoms with Crippen molar-refractivity contribution in [2.45, 2.75) is 12.1 Å². The van der Waals surface area contributed by atoms with Crippen molar-refractivity contribution in [1.82, 2.24) is 19.7 Å². The van der Waals surface area contributed by atoms with Gasteiger partial charge in [-0.1, -0.05) is 45.4 Å². The third kappa shape index (κ3) is 5.15. The Morgan fingerprint density at radius 2 is 1.94 bits per heavy atom. The number of benzene rings is 2. The molecule has 0 aliphatic rings. The summed E-state index contributed by atoms with van der Waals surface area (Å²) in [6.45, 7) is 1.97. The number of hydrogen-bond donors (Lipinski definition) is 1. The third-order valence-corrected chi connectivity index (χ3v) is 6.46. The summed E-state index contributed by atoms with van der Waals surface area (Å²) in [6.07, 6.45) is 1.71. The van der Waals surface area contributed by atoms with Crippen LogP contribution in [0.5, 0.6) is 0 Å². The van der Waals surface area contributed by atoms with E-state index in [4.69, 9.17) is 11.6 Å². The summed E-state index contributed by atoms with van der Waals surface area (Å²) >= 11 is 10.8. The second kappa shape index (κ2) is 9.64. The average Bonchev–Trinajstić information content (AvgIpc) is 3.20. The Morgan fingerprint density at radius 3 is 2.65 bits per heavy atom. The topological polar surface area (TPSA) is 72.7 Å². The van der Waals surface area contributed by atoms with Crippen LogP contribution in [0.3, 0.4) is 0 Å². The van der Waals surface area contributed by atoms with Crippen LogP contribution in [0.1, 0.15) is 5.56 Å². The molecule has 0 radical (unpaired) electrons. The second-order valence-corrected chi connectivity index (χ2v) is 8.87. The van der Waals surface area contributed by atoms with Gasteiger partial charge in [-0.2, -0.15) is 0 Å². The number of aromatic nitrogens is 4. The van der Waals surface area contributed by atoms with Gasteiger partial charge in [0.2, 0.25) is 5.91 Å². The van der Waals surface area contributed by atoms with Crippen LogP contribution in [0.15, 0.2) is 76.5 Å². The Morgan fingerprint density at radius 1 is 1.13 bits per heavy atom. The molecule has 2 aromatic carbocycles. The molecular formula is C22H17BrClN5OS. The molecule has 6 nitrogen and oxygen atoms in total. The van der Waals surface area contributed by atoms with Gasteiger partial charge in [0.1, 0.15) is 5.69 Å². The Kier molecular flexibility index (Phi) is 6.70. The standard InChI is InChI=1S/C22H17BrClN5OS/c1-14-12-16(7-10-18(14)23)26-20(30)13-31-22-28-27-21(19-4-2-3-11-25-19)29(22)17-8-5-15(24)6-9-17/h2-12H,13H2,1H3,(H,26,30). The maximum Gasteiger partial charge on any atom is 0.234 e. The number of anilines is 1. The number of pyridine rings is 1. The molecule has 4 rings (SSSR count). The van der Waals surface area contributed by atoms with Gasteiger partial charge in [-0.05, 0) is 67.1 Å². The van der Waals surface area contributed by atoms with Gasteiger partial charge >= 0.3 is 0 Å². The van der Waals surface area contributed by atoms with Crippen LogP contribution in [0.4, 0.5) is 5.69 Å². The summed E-state index contributed by atoms with van der Waals surface area (Å²) in [6, 6.07) is 18.7. The quantitative estimate of drug-likeness (QED) is 0.330. The normalized spacial score (nSPS) is 10.8. The van der Waals surface area contributed by atoms with Crippen molar-refractivity contribution in [3.63, 3.8) is 0 Å². The van der Waals surface area contributed by atoms with Gasteiger partial charge in [0.05, 0.1) is 5.75 Å². The van der Waals surface area contributed by atoms with E-state index in [0.29, 0.717) is 21.7 Å².